The molecule has 1 amide bonds. The Morgan fingerprint density at radius 1 is 1.41 bits per heavy atom. The van der Waals surface area contributed by atoms with E-state index in [9.17, 15) is 9.59 Å². The third kappa shape index (κ3) is 3.94. The van der Waals surface area contributed by atoms with Gasteiger partial charge in [0, 0.05) is 24.8 Å². The number of carbonyl (C=O) groups is 2. The van der Waals surface area contributed by atoms with Crippen LogP contribution in [0.4, 0.5) is 5.82 Å². The van der Waals surface area contributed by atoms with E-state index in [1.54, 1.807) is 24.9 Å². The summed E-state index contributed by atoms with van der Waals surface area (Å²) in [4.78, 5) is 37.8. The Hall–Kier alpha value is -2.90. The van der Waals surface area contributed by atoms with Gasteiger partial charge in [0.1, 0.15) is 17.8 Å². The van der Waals surface area contributed by atoms with E-state index >= 15 is 0 Å². The Morgan fingerprint density at radius 3 is 2.89 bits per heavy atom. The van der Waals surface area contributed by atoms with Crippen LogP contribution >= 0.6 is 0 Å². The number of esters is 1. The number of aromatic amines is 1. The molecular formula is C19H25N5O3. The van der Waals surface area contributed by atoms with Crippen molar-refractivity contribution in [2.75, 3.05) is 11.9 Å². The summed E-state index contributed by atoms with van der Waals surface area (Å²) >= 11 is 0. The molecule has 2 N–H and O–H groups in total. The van der Waals surface area contributed by atoms with Crippen LogP contribution in [0.5, 0.6) is 0 Å². The van der Waals surface area contributed by atoms with Crippen molar-refractivity contribution in [2.24, 2.45) is 0 Å². The van der Waals surface area contributed by atoms with E-state index in [0.29, 0.717) is 29.0 Å². The van der Waals surface area contributed by atoms with Crippen LogP contribution in [0.15, 0.2) is 25.2 Å². The van der Waals surface area contributed by atoms with Crippen LogP contribution < -0.4 is 5.32 Å². The zero-order chi connectivity index (χ0) is 19.6. The molecular weight excluding hydrogens is 346 g/mol. The van der Waals surface area contributed by atoms with Gasteiger partial charge in [-0.3, -0.25) is 4.79 Å². The summed E-state index contributed by atoms with van der Waals surface area (Å²) in [6.45, 7) is 9.77. The molecule has 1 aliphatic heterocycles. The van der Waals surface area contributed by atoms with Crippen molar-refractivity contribution >= 4 is 28.7 Å². The Labute approximate surface area is 158 Å². The molecule has 2 aromatic rings. The monoisotopic (exact) mass is 371 g/mol. The van der Waals surface area contributed by atoms with E-state index in [2.05, 4.69) is 26.8 Å². The summed E-state index contributed by atoms with van der Waals surface area (Å²) < 4.78 is 5.32. The van der Waals surface area contributed by atoms with E-state index in [1.165, 1.54) is 12.4 Å². The molecule has 8 nitrogen and oxygen atoms in total. The first-order valence-corrected chi connectivity index (χ1v) is 9.13. The first-order chi connectivity index (χ1) is 12.9. The fourth-order valence-corrected chi connectivity index (χ4v) is 3.35. The molecule has 0 radical (unpaired) electrons. The fourth-order valence-electron chi connectivity index (χ4n) is 3.35. The maximum atomic E-state index is 12.4. The van der Waals surface area contributed by atoms with Crippen molar-refractivity contribution < 1.29 is 14.3 Å². The third-order valence-electron chi connectivity index (χ3n) is 4.71. The summed E-state index contributed by atoms with van der Waals surface area (Å²) in [6, 6.07) is 0.190. The number of aromatic nitrogens is 3. The van der Waals surface area contributed by atoms with Gasteiger partial charge in [-0.2, -0.15) is 0 Å². The topological polar surface area (TPSA) is 100 Å². The zero-order valence-electron chi connectivity index (χ0n) is 15.9. The molecule has 3 rings (SSSR count). The van der Waals surface area contributed by atoms with E-state index in [0.717, 1.165) is 12.8 Å². The molecule has 1 saturated heterocycles. The Bertz CT molecular complexity index is 860. The lowest BCUT2D eigenvalue weighted by molar-refractivity contribution is -0.129. The van der Waals surface area contributed by atoms with E-state index in [4.69, 9.17) is 4.74 Å². The van der Waals surface area contributed by atoms with Gasteiger partial charge < -0.3 is 19.9 Å². The quantitative estimate of drug-likeness (QED) is 0.619. The standard InChI is InChI=1S/C19H25N5O3/c1-5-15(25)24-9-13(7-6-12(24)4)23-18-16-14(19(26)27-11(2)3)8-20-17(16)21-10-22-18/h5,8,10-13H,1,6-7,9H2,2-4H3,(H2,20,21,22,23). The predicted molar refractivity (Wildman–Crippen MR) is 102 cm³/mol. The van der Waals surface area contributed by atoms with Crippen LogP contribution in [0, 0.1) is 0 Å². The zero-order valence-corrected chi connectivity index (χ0v) is 15.9. The first kappa shape index (κ1) is 18.9. The minimum Gasteiger partial charge on any atom is -0.459 e. The molecule has 1 fully saturated rings. The molecule has 2 aromatic heterocycles. The number of nitrogens with zero attached hydrogens (tertiary/aromatic N) is 3. The smallest absolute Gasteiger partial charge is 0.340 e. The van der Waals surface area contributed by atoms with Gasteiger partial charge in [0.15, 0.2) is 0 Å². The van der Waals surface area contributed by atoms with Gasteiger partial charge in [-0.15, -0.1) is 0 Å². The molecule has 0 spiro atoms. The SMILES string of the molecule is C=CC(=O)N1CC(Nc2ncnc3[nH]cc(C(=O)OC(C)C)c23)CCC1C. The number of anilines is 1. The highest BCUT2D eigenvalue weighted by molar-refractivity contribution is 6.07. The number of H-pyrrole nitrogens is 1. The summed E-state index contributed by atoms with van der Waals surface area (Å²) in [5.41, 5.74) is 0.955. The normalized spacial score (nSPS) is 19.9. The minimum atomic E-state index is -0.421. The predicted octanol–water partition coefficient (Wildman–Crippen LogP) is 2.50. The van der Waals surface area contributed by atoms with Crippen LogP contribution in [0.3, 0.4) is 0 Å². The van der Waals surface area contributed by atoms with Crippen molar-refractivity contribution in [2.45, 2.75) is 51.8 Å². The molecule has 144 valence electrons. The first-order valence-electron chi connectivity index (χ1n) is 9.13. The van der Waals surface area contributed by atoms with Gasteiger partial charge in [-0.25, -0.2) is 14.8 Å². The van der Waals surface area contributed by atoms with Gasteiger partial charge in [-0.05, 0) is 39.7 Å². The van der Waals surface area contributed by atoms with Crippen LogP contribution in [0.1, 0.15) is 44.0 Å². The van der Waals surface area contributed by atoms with E-state index in [-0.39, 0.29) is 24.1 Å². The highest BCUT2D eigenvalue weighted by Gasteiger charge is 2.29. The van der Waals surface area contributed by atoms with Crippen LogP contribution in [0.2, 0.25) is 0 Å². The van der Waals surface area contributed by atoms with E-state index < -0.39 is 5.97 Å². The molecule has 2 atom stereocenters. The molecule has 3 heterocycles. The lowest BCUT2D eigenvalue weighted by atomic mass is 9.99. The highest BCUT2D eigenvalue weighted by Crippen LogP contribution is 2.27. The van der Waals surface area contributed by atoms with Gasteiger partial charge in [0.2, 0.25) is 5.91 Å². The number of hydrogen-bond donors (Lipinski definition) is 2. The molecule has 0 aliphatic carbocycles. The average Bonchev–Trinajstić information content (AvgIpc) is 3.07. The van der Waals surface area contributed by atoms with Crippen molar-refractivity contribution in [3.05, 3.63) is 30.7 Å². The second kappa shape index (κ2) is 7.77. The fraction of sp³-hybridized carbons (Fsp3) is 0.474. The average molecular weight is 371 g/mol. The number of fused-ring (bicyclic) bond motifs is 1. The van der Waals surface area contributed by atoms with E-state index in [1.807, 2.05) is 6.92 Å². The molecule has 1 aliphatic rings. The Kier molecular flexibility index (Phi) is 5.43. The lowest BCUT2D eigenvalue weighted by Crippen LogP contribution is -2.49. The number of piperidine rings is 1. The molecule has 0 saturated carbocycles. The number of rotatable bonds is 5. The molecule has 0 bridgehead atoms. The number of ether oxygens (including phenoxy) is 1. The lowest BCUT2D eigenvalue weighted by Gasteiger charge is -2.38. The van der Waals surface area contributed by atoms with Gasteiger partial charge >= 0.3 is 5.97 Å². The van der Waals surface area contributed by atoms with Crippen LogP contribution in [-0.4, -0.2) is 56.5 Å². The Morgan fingerprint density at radius 2 is 2.19 bits per heavy atom. The number of hydrogen-bond acceptors (Lipinski definition) is 6. The van der Waals surface area contributed by atoms with Gasteiger partial charge in [0.05, 0.1) is 17.1 Å². The molecule has 8 heteroatoms. The summed E-state index contributed by atoms with van der Waals surface area (Å²) in [6.07, 6.45) is 5.92. The maximum Gasteiger partial charge on any atom is 0.340 e. The number of amides is 1. The van der Waals surface area contributed by atoms with Crippen molar-refractivity contribution in [3.63, 3.8) is 0 Å². The summed E-state index contributed by atoms with van der Waals surface area (Å²) in [5.74, 6) is 0.0574. The highest BCUT2D eigenvalue weighted by atomic mass is 16.5. The van der Waals surface area contributed by atoms with Crippen LogP contribution in [-0.2, 0) is 9.53 Å². The maximum absolute atomic E-state index is 12.4. The van der Waals surface area contributed by atoms with Crippen molar-refractivity contribution in [1.29, 1.82) is 0 Å². The van der Waals surface area contributed by atoms with Crippen molar-refractivity contribution in [1.82, 2.24) is 19.9 Å². The second-order valence-electron chi connectivity index (χ2n) is 7.06. The van der Waals surface area contributed by atoms with Crippen molar-refractivity contribution in [3.8, 4) is 0 Å². The molecule has 0 aromatic carbocycles. The summed E-state index contributed by atoms with van der Waals surface area (Å²) in [5, 5.41) is 3.98. The Balaban J connectivity index is 1.86. The molecule has 2 unspecified atom stereocenters. The molecule has 27 heavy (non-hydrogen) atoms. The number of nitrogens with one attached hydrogen (secondary N) is 2. The third-order valence-corrected chi connectivity index (χ3v) is 4.71. The second-order valence-corrected chi connectivity index (χ2v) is 7.06. The largest absolute Gasteiger partial charge is 0.459 e. The number of likely N-dealkylation sites (tertiary alicyclic amines) is 1. The van der Waals surface area contributed by atoms with Gasteiger partial charge in [-0.1, -0.05) is 6.58 Å². The number of carbonyl (C=O) groups excluding carboxylic acids is 2. The van der Waals surface area contributed by atoms with Gasteiger partial charge in [0.25, 0.3) is 0 Å². The summed E-state index contributed by atoms with van der Waals surface area (Å²) in [7, 11) is 0. The van der Waals surface area contributed by atoms with Crippen LogP contribution in [0.25, 0.3) is 11.0 Å². The minimum absolute atomic E-state index is 0.0204.